The van der Waals surface area contributed by atoms with Crippen molar-refractivity contribution in [3.05, 3.63) is 46.5 Å². The lowest BCUT2D eigenvalue weighted by Crippen LogP contribution is -2.51. The quantitative estimate of drug-likeness (QED) is 0.637. The number of fused-ring (bicyclic) bond motifs is 1. The number of rotatable bonds is 0. The summed E-state index contributed by atoms with van der Waals surface area (Å²) in [5, 5.41) is 3.20. The molecule has 9 heterocycles. The monoisotopic (exact) mass is 388 g/mol. The fraction of sp³-hybridized carbons (Fsp3) is 0.455. The van der Waals surface area contributed by atoms with Gasteiger partial charge in [0.2, 0.25) is 5.95 Å². The number of nitrogens with zero attached hydrogens (tertiary/aromatic N) is 5. The SMILES string of the molecule is Cc1cc(=O)n2c3cnc(nc13)Nc1ccc(cn1)N1CCC3(CCC3C2)CC1. The Hall–Kier alpha value is -2.96. The van der Waals surface area contributed by atoms with Gasteiger partial charge in [-0.2, -0.15) is 0 Å². The Balaban J connectivity index is 1.53. The van der Waals surface area contributed by atoms with E-state index in [0.717, 1.165) is 42.0 Å². The van der Waals surface area contributed by atoms with E-state index >= 15 is 0 Å². The van der Waals surface area contributed by atoms with E-state index in [-0.39, 0.29) is 5.56 Å². The van der Waals surface area contributed by atoms with E-state index in [1.165, 1.54) is 31.4 Å². The van der Waals surface area contributed by atoms with Crippen molar-refractivity contribution >= 4 is 28.5 Å². The third kappa shape index (κ3) is 2.56. The summed E-state index contributed by atoms with van der Waals surface area (Å²) in [5.41, 5.74) is 4.12. The van der Waals surface area contributed by atoms with E-state index < -0.39 is 0 Å². The molecule has 1 atom stereocenters. The zero-order valence-electron chi connectivity index (χ0n) is 16.6. The molecule has 7 aliphatic rings. The van der Waals surface area contributed by atoms with Crippen LogP contribution in [0.2, 0.25) is 0 Å². The summed E-state index contributed by atoms with van der Waals surface area (Å²) < 4.78 is 1.90. The number of hydrogen-bond acceptors (Lipinski definition) is 6. The lowest BCUT2D eigenvalue weighted by Gasteiger charge is -2.54. The fourth-order valence-corrected chi connectivity index (χ4v) is 5.45. The van der Waals surface area contributed by atoms with Crippen molar-refractivity contribution in [1.82, 2.24) is 19.5 Å². The van der Waals surface area contributed by atoms with Crippen LogP contribution < -0.4 is 15.8 Å². The van der Waals surface area contributed by atoms with Gasteiger partial charge >= 0.3 is 0 Å². The summed E-state index contributed by atoms with van der Waals surface area (Å²) in [5.74, 6) is 1.76. The highest BCUT2D eigenvalue weighted by atomic mass is 16.1. The zero-order valence-corrected chi connectivity index (χ0v) is 16.6. The van der Waals surface area contributed by atoms with Crippen LogP contribution in [0.15, 0.2) is 35.4 Å². The molecule has 3 aromatic rings. The molecule has 1 N–H and O–H groups in total. The van der Waals surface area contributed by atoms with Crippen LogP contribution in [-0.4, -0.2) is 32.6 Å². The summed E-state index contributed by atoms with van der Waals surface area (Å²) >= 11 is 0. The maximum absolute atomic E-state index is 12.9. The normalized spacial score (nSPS) is 25.3. The van der Waals surface area contributed by atoms with Gasteiger partial charge in [0.15, 0.2) is 0 Å². The molecule has 7 heteroatoms. The van der Waals surface area contributed by atoms with Crippen LogP contribution in [0.4, 0.5) is 17.5 Å². The van der Waals surface area contributed by atoms with Crippen molar-refractivity contribution in [2.75, 3.05) is 23.3 Å². The number of anilines is 3. The highest BCUT2D eigenvalue weighted by Gasteiger charge is 2.48. The van der Waals surface area contributed by atoms with E-state index in [9.17, 15) is 4.79 Å². The molecule has 1 spiro atoms. The van der Waals surface area contributed by atoms with Crippen molar-refractivity contribution < 1.29 is 0 Å². The first-order valence-electron chi connectivity index (χ1n) is 10.5. The maximum Gasteiger partial charge on any atom is 0.251 e. The van der Waals surface area contributed by atoms with Gasteiger partial charge in [0, 0.05) is 25.7 Å². The Kier molecular flexibility index (Phi) is 3.52. The van der Waals surface area contributed by atoms with Gasteiger partial charge in [-0.25, -0.2) is 15.0 Å². The van der Waals surface area contributed by atoms with Crippen LogP contribution in [0.25, 0.3) is 11.0 Å². The minimum Gasteiger partial charge on any atom is -0.370 e. The first kappa shape index (κ1) is 16.9. The number of piperidine rings is 1. The Bertz CT molecular complexity index is 1160. The topological polar surface area (TPSA) is 75.9 Å². The van der Waals surface area contributed by atoms with Crippen LogP contribution >= 0.6 is 0 Å². The molecular formula is C22H24N6O. The molecule has 1 aliphatic carbocycles. The van der Waals surface area contributed by atoms with Crippen molar-refractivity contribution in [1.29, 1.82) is 0 Å². The Morgan fingerprint density at radius 2 is 2.00 bits per heavy atom. The first-order valence-corrected chi connectivity index (χ1v) is 10.5. The molecule has 6 aliphatic heterocycles. The van der Waals surface area contributed by atoms with E-state index in [2.05, 4.69) is 26.3 Å². The number of aromatic nitrogens is 4. The van der Waals surface area contributed by atoms with Gasteiger partial charge in [0.05, 0.1) is 29.1 Å². The van der Waals surface area contributed by atoms with E-state index in [1.54, 1.807) is 12.3 Å². The van der Waals surface area contributed by atoms with Crippen molar-refractivity contribution in [3.63, 3.8) is 0 Å². The van der Waals surface area contributed by atoms with Crippen molar-refractivity contribution in [3.8, 4) is 0 Å². The van der Waals surface area contributed by atoms with Crippen LogP contribution in [0.5, 0.6) is 0 Å². The molecule has 3 aromatic heterocycles. The lowest BCUT2D eigenvalue weighted by atomic mass is 9.55. The molecule has 1 saturated heterocycles. The Morgan fingerprint density at radius 1 is 1.14 bits per heavy atom. The van der Waals surface area contributed by atoms with E-state index in [1.807, 2.05) is 23.8 Å². The minimum absolute atomic E-state index is 0.0523. The average molecular weight is 388 g/mol. The minimum atomic E-state index is 0.0523. The van der Waals surface area contributed by atoms with Crippen molar-refractivity contribution in [2.24, 2.45) is 11.3 Å². The second-order valence-corrected chi connectivity index (χ2v) is 8.82. The van der Waals surface area contributed by atoms with Crippen LogP contribution in [0.1, 0.15) is 31.2 Å². The highest BCUT2D eigenvalue weighted by molar-refractivity contribution is 5.78. The number of aryl methyl sites for hydroxylation is 1. The molecule has 1 saturated carbocycles. The first-order chi connectivity index (χ1) is 14.1. The summed E-state index contributed by atoms with van der Waals surface area (Å²) in [4.78, 5) is 29.1. The summed E-state index contributed by atoms with van der Waals surface area (Å²) in [6.07, 6.45) is 8.54. The standard InChI is InChI=1S/C22H24N6O/c1-14-10-19(29)28-13-15-4-5-22(15)6-8-27(9-7-22)16-2-3-18(23-11-16)25-21-24-12-17(28)20(14)26-21/h2-3,10-12,15H,4-9,13H2,1H3,(H,23,24,25,26). The molecule has 2 fully saturated rings. The number of pyridine rings is 2. The van der Waals surface area contributed by atoms with Crippen LogP contribution in [0, 0.1) is 18.3 Å². The lowest BCUT2D eigenvalue weighted by molar-refractivity contribution is -0.00719. The van der Waals surface area contributed by atoms with Crippen molar-refractivity contribution in [2.45, 2.75) is 39.2 Å². The highest BCUT2D eigenvalue weighted by Crippen LogP contribution is 2.54. The van der Waals surface area contributed by atoms with Gasteiger partial charge in [-0.3, -0.25) is 4.79 Å². The second kappa shape index (κ2) is 6.02. The zero-order chi connectivity index (χ0) is 19.6. The number of nitrogens with one attached hydrogen (secondary N) is 1. The molecule has 148 valence electrons. The van der Waals surface area contributed by atoms with E-state index in [0.29, 0.717) is 17.3 Å². The molecule has 0 radical (unpaired) electrons. The van der Waals surface area contributed by atoms with E-state index in [4.69, 9.17) is 4.98 Å². The predicted octanol–water partition coefficient (Wildman–Crippen LogP) is 3.25. The molecule has 0 aromatic carbocycles. The summed E-state index contributed by atoms with van der Waals surface area (Å²) in [6.45, 7) is 4.82. The molecule has 1 unspecified atom stereocenters. The maximum atomic E-state index is 12.9. The van der Waals surface area contributed by atoms with Gasteiger partial charge in [0.1, 0.15) is 5.82 Å². The molecule has 0 amide bonds. The molecule has 29 heavy (non-hydrogen) atoms. The molecule has 10 rings (SSSR count). The van der Waals surface area contributed by atoms with Gasteiger partial charge in [0.25, 0.3) is 5.56 Å². The average Bonchev–Trinajstić information content (AvgIpc) is 2.73. The Labute approximate surface area is 168 Å². The fourth-order valence-electron chi connectivity index (χ4n) is 5.45. The summed E-state index contributed by atoms with van der Waals surface area (Å²) in [7, 11) is 0. The number of hydrogen-bond donors (Lipinski definition) is 1. The van der Waals surface area contributed by atoms with Crippen LogP contribution in [0.3, 0.4) is 0 Å². The molecule has 7 nitrogen and oxygen atoms in total. The predicted molar refractivity (Wildman–Crippen MR) is 113 cm³/mol. The van der Waals surface area contributed by atoms with Gasteiger partial charge in [-0.1, -0.05) is 0 Å². The smallest absolute Gasteiger partial charge is 0.251 e. The van der Waals surface area contributed by atoms with Crippen LogP contribution in [-0.2, 0) is 6.54 Å². The molecule has 8 bridgehead atoms. The third-order valence-corrected chi connectivity index (χ3v) is 7.41. The second-order valence-electron chi connectivity index (χ2n) is 8.82. The van der Waals surface area contributed by atoms with Gasteiger partial charge < -0.3 is 14.8 Å². The van der Waals surface area contributed by atoms with Gasteiger partial charge in [-0.15, -0.1) is 0 Å². The van der Waals surface area contributed by atoms with Gasteiger partial charge in [-0.05, 0) is 61.6 Å². The summed E-state index contributed by atoms with van der Waals surface area (Å²) in [6, 6.07) is 5.82. The Morgan fingerprint density at radius 3 is 2.72 bits per heavy atom. The third-order valence-electron chi connectivity index (χ3n) is 7.41. The molecular weight excluding hydrogens is 364 g/mol. The largest absolute Gasteiger partial charge is 0.370 e.